The van der Waals surface area contributed by atoms with Gasteiger partial charge in [0.2, 0.25) is 0 Å². The number of carboxylic acids is 2. The minimum Gasteiger partial charge on any atom is -0.481 e. The van der Waals surface area contributed by atoms with Crippen LogP contribution in [0.4, 0.5) is 11.4 Å². The topological polar surface area (TPSA) is 81.1 Å². The highest BCUT2D eigenvalue weighted by atomic mass is 16.4. The average Bonchev–Trinajstić information content (AvgIpc) is 3.05. The Morgan fingerprint density at radius 1 is 0.522 bits per heavy atom. The fourth-order valence-corrected chi connectivity index (χ4v) is 5.76. The molecular formula is C40H44N2O4. The van der Waals surface area contributed by atoms with Crippen molar-refractivity contribution in [3.8, 4) is 0 Å². The molecule has 0 saturated heterocycles. The summed E-state index contributed by atoms with van der Waals surface area (Å²) in [5, 5.41) is 18.6. The Labute approximate surface area is 272 Å². The van der Waals surface area contributed by atoms with Crippen molar-refractivity contribution in [2.24, 2.45) is 0 Å². The first kappa shape index (κ1) is 33.8. The van der Waals surface area contributed by atoms with Crippen molar-refractivity contribution in [2.45, 2.75) is 40.5 Å². The van der Waals surface area contributed by atoms with Gasteiger partial charge in [0.15, 0.2) is 0 Å². The number of nitrogens with zero attached hydrogens (tertiary/aromatic N) is 2. The van der Waals surface area contributed by atoms with E-state index in [9.17, 15) is 19.8 Å². The van der Waals surface area contributed by atoms with Gasteiger partial charge < -0.3 is 20.0 Å². The Morgan fingerprint density at radius 2 is 0.870 bits per heavy atom. The second-order valence-electron chi connectivity index (χ2n) is 11.1. The molecule has 2 N–H and O–H groups in total. The van der Waals surface area contributed by atoms with Gasteiger partial charge in [0.05, 0.1) is 12.8 Å². The molecule has 0 saturated carbocycles. The van der Waals surface area contributed by atoms with Crippen molar-refractivity contribution < 1.29 is 19.8 Å². The lowest BCUT2D eigenvalue weighted by Gasteiger charge is -2.23. The summed E-state index contributed by atoms with van der Waals surface area (Å²) in [6.07, 6.45) is 4.19. The summed E-state index contributed by atoms with van der Waals surface area (Å²) in [5.74, 6) is -1.74. The number of benzene rings is 4. The minimum atomic E-state index is -0.871. The fourth-order valence-electron chi connectivity index (χ4n) is 5.76. The normalized spacial score (nSPS) is 10.6. The number of rotatable bonds is 15. The van der Waals surface area contributed by atoms with Crippen molar-refractivity contribution in [3.63, 3.8) is 0 Å². The summed E-state index contributed by atoms with van der Waals surface area (Å²) < 4.78 is 0. The molecule has 0 heterocycles. The Balaban J connectivity index is 1.92. The van der Waals surface area contributed by atoms with Gasteiger partial charge in [0.1, 0.15) is 0 Å². The third kappa shape index (κ3) is 8.75. The van der Waals surface area contributed by atoms with E-state index in [2.05, 4.69) is 98.2 Å². The summed E-state index contributed by atoms with van der Waals surface area (Å²) >= 11 is 0. The molecule has 0 atom stereocenters. The predicted octanol–water partition coefficient (Wildman–Crippen LogP) is 8.20. The first-order valence-corrected chi connectivity index (χ1v) is 16.0. The molecule has 4 rings (SSSR count). The van der Waals surface area contributed by atoms with Gasteiger partial charge >= 0.3 is 11.9 Å². The van der Waals surface area contributed by atoms with E-state index in [-0.39, 0.29) is 12.8 Å². The second kappa shape index (κ2) is 16.3. The smallest absolute Gasteiger partial charge is 0.307 e. The zero-order valence-electron chi connectivity index (χ0n) is 27.2. The molecule has 4 aromatic carbocycles. The largest absolute Gasteiger partial charge is 0.481 e. The van der Waals surface area contributed by atoms with Gasteiger partial charge in [-0.15, -0.1) is 0 Å². The molecule has 6 heteroatoms. The number of anilines is 2. The fraction of sp³-hybridized carbons (Fsp3) is 0.250. The zero-order chi connectivity index (χ0) is 33.1. The molecule has 0 aromatic heterocycles. The lowest BCUT2D eigenvalue weighted by Crippen LogP contribution is -2.22. The maximum atomic E-state index is 11.3. The van der Waals surface area contributed by atoms with E-state index in [1.165, 1.54) is 11.4 Å². The molecule has 0 aliphatic carbocycles. The van der Waals surface area contributed by atoms with E-state index in [0.29, 0.717) is 0 Å². The summed E-state index contributed by atoms with van der Waals surface area (Å²) in [5.41, 5.74) is 9.88. The number of hydrogen-bond acceptors (Lipinski definition) is 4. The Bertz CT molecular complexity index is 1560. The maximum absolute atomic E-state index is 11.3. The second-order valence-corrected chi connectivity index (χ2v) is 11.1. The van der Waals surface area contributed by atoms with Crippen molar-refractivity contribution in [3.05, 3.63) is 143 Å². The SMILES string of the molecule is CCN(CC)c1cccc(C(=CC=C(c2ccc(CC(=O)O)cc2)c2ccc(CC(=O)O)cc2)c2cccc(N(CC)CC)c2)c1. The van der Waals surface area contributed by atoms with Crippen LogP contribution in [-0.4, -0.2) is 48.3 Å². The van der Waals surface area contributed by atoms with Crippen LogP contribution < -0.4 is 9.80 Å². The first-order valence-electron chi connectivity index (χ1n) is 16.0. The summed E-state index contributed by atoms with van der Waals surface area (Å²) in [7, 11) is 0. The van der Waals surface area contributed by atoms with Gasteiger partial charge in [-0.3, -0.25) is 9.59 Å². The van der Waals surface area contributed by atoms with Crippen LogP contribution in [0, 0.1) is 0 Å². The highest BCUT2D eigenvalue weighted by molar-refractivity contribution is 5.88. The van der Waals surface area contributed by atoms with Crippen molar-refractivity contribution in [2.75, 3.05) is 36.0 Å². The van der Waals surface area contributed by atoms with Crippen molar-refractivity contribution in [1.82, 2.24) is 0 Å². The number of aliphatic carboxylic acids is 2. The van der Waals surface area contributed by atoms with Crippen LogP contribution >= 0.6 is 0 Å². The van der Waals surface area contributed by atoms with Crippen LogP contribution in [0.15, 0.2) is 109 Å². The summed E-state index contributed by atoms with van der Waals surface area (Å²) in [4.78, 5) is 27.3. The average molecular weight is 617 g/mol. The molecule has 6 nitrogen and oxygen atoms in total. The van der Waals surface area contributed by atoms with Crippen molar-refractivity contribution >= 4 is 34.5 Å². The van der Waals surface area contributed by atoms with Crippen LogP contribution in [0.3, 0.4) is 0 Å². The maximum Gasteiger partial charge on any atom is 0.307 e. The highest BCUT2D eigenvalue weighted by Crippen LogP contribution is 2.32. The molecule has 238 valence electrons. The van der Waals surface area contributed by atoms with Crippen molar-refractivity contribution in [1.29, 1.82) is 0 Å². The van der Waals surface area contributed by atoms with Crippen LogP contribution in [0.2, 0.25) is 0 Å². The molecule has 0 spiro atoms. The molecule has 4 aromatic rings. The number of carboxylic acid groups (broad SMARTS) is 2. The van der Waals surface area contributed by atoms with E-state index >= 15 is 0 Å². The number of hydrogen-bond donors (Lipinski definition) is 2. The third-order valence-electron chi connectivity index (χ3n) is 8.23. The molecule has 0 radical (unpaired) electrons. The Hall–Kier alpha value is -5.10. The standard InChI is InChI=1S/C40H44N2O4/c1-5-41(6-2)35-13-9-11-33(27-35)38(34-12-10-14-36(28-34)42(7-3)8-4)24-23-37(31-19-15-29(16-20-31)25-39(43)44)32-21-17-30(18-22-32)26-40(45)46/h9-24,27-28H,5-8,25-26H2,1-4H3,(H,43,44)(H,45,46). The molecule has 0 aliphatic rings. The van der Waals surface area contributed by atoms with Gasteiger partial charge in [-0.2, -0.15) is 0 Å². The van der Waals surface area contributed by atoms with E-state index in [4.69, 9.17) is 0 Å². The van der Waals surface area contributed by atoms with Gasteiger partial charge in [0, 0.05) is 37.6 Å². The molecule has 46 heavy (non-hydrogen) atoms. The molecule has 0 fully saturated rings. The first-order chi connectivity index (χ1) is 22.3. The van der Waals surface area contributed by atoms with E-state index in [1.54, 1.807) is 0 Å². The van der Waals surface area contributed by atoms with Gasteiger partial charge in [-0.05, 0) is 96.5 Å². The molecular weight excluding hydrogens is 572 g/mol. The highest BCUT2D eigenvalue weighted by Gasteiger charge is 2.13. The minimum absolute atomic E-state index is 0.0426. The van der Waals surface area contributed by atoms with Gasteiger partial charge in [0.25, 0.3) is 0 Å². The lowest BCUT2D eigenvalue weighted by molar-refractivity contribution is -0.137. The van der Waals surface area contributed by atoms with Gasteiger partial charge in [-0.1, -0.05) is 84.9 Å². The molecule has 0 unspecified atom stereocenters. The predicted molar refractivity (Wildman–Crippen MR) is 190 cm³/mol. The Morgan fingerprint density at radius 3 is 1.20 bits per heavy atom. The number of carbonyl (C=O) groups is 2. The zero-order valence-corrected chi connectivity index (χ0v) is 27.2. The van der Waals surface area contributed by atoms with Crippen LogP contribution in [0.1, 0.15) is 61.1 Å². The van der Waals surface area contributed by atoms with Crippen LogP contribution in [0.25, 0.3) is 11.1 Å². The van der Waals surface area contributed by atoms with Crippen LogP contribution in [-0.2, 0) is 22.4 Å². The summed E-state index contributed by atoms with van der Waals surface area (Å²) in [6, 6.07) is 32.5. The quantitative estimate of drug-likeness (QED) is 0.131. The van der Waals surface area contributed by atoms with Gasteiger partial charge in [-0.25, -0.2) is 0 Å². The molecule has 0 aliphatic heterocycles. The van der Waals surface area contributed by atoms with Crippen LogP contribution in [0.5, 0.6) is 0 Å². The molecule has 0 amide bonds. The van der Waals surface area contributed by atoms with E-state index in [0.717, 1.165) is 70.7 Å². The number of allylic oxidation sites excluding steroid dienone is 2. The monoisotopic (exact) mass is 616 g/mol. The molecule has 0 bridgehead atoms. The van der Waals surface area contributed by atoms with E-state index in [1.807, 2.05) is 48.5 Å². The summed E-state index contributed by atoms with van der Waals surface area (Å²) in [6.45, 7) is 12.3. The Kier molecular flexibility index (Phi) is 12.0. The lowest BCUT2D eigenvalue weighted by atomic mass is 9.92. The van der Waals surface area contributed by atoms with E-state index < -0.39 is 11.9 Å². The third-order valence-corrected chi connectivity index (χ3v) is 8.23.